The molecule has 4 nitrogen and oxygen atoms in total. The molecule has 2 rings (SSSR count). The van der Waals surface area contributed by atoms with Crippen molar-refractivity contribution in [3.8, 4) is 11.4 Å². The Hall–Kier alpha value is -1.75. The maximum atomic E-state index is 13.4. The molecule has 0 atom stereocenters. The first-order chi connectivity index (χ1) is 7.22. The average molecular weight is 206 g/mol. The lowest BCUT2D eigenvalue weighted by Gasteiger charge is -1.95. The number of benzene rings is 1. The van der Waals surface area contributed by atoms with Crippen molar-refractivity contribution in [3.63, 3.8) is 0 Å². The molecule has 1 heterocycles. The van der Waals surface area contributed by atoms with Gasteiger partial charge in [-0.05, 0) is 12.1 Å². The van der Waals surface area contributed by atoms with Crippen molar-refractivity contribution in [1.82, 2.24) is 14.8 Å². The Balaban J connectivity index is 2.50. The van der Waals surface area contributed by atoms with Crippen molar-refractivity contribution < 1.29 is 4.39 Å². The first-order valence-corrected chi connectivity index (χ1v) is 4.57. The molecule has 1 aromatic carbocycles. The van der Waals surface area contributed by atoms with E-state index in [1.165, 1.54) is 6.07 Å². The van der Waals surface area contributed by atoms with Gasteiger partial charge >= 0.3 is 0 Å². The van der Waals surface area contributed by atoms with Gasteiger partial charge in [0.25, 0.3) is 0 Å². The molecule has 0 fully saturated rings. The number of hydrogen-bond acceptors (Lipinski definition) is 3. The lowest BCUT2D eigenvalue weighted by molar-refractivity contribution is 0.629. The zero-order valence-corrected chi connectivity index (χ0v) is 8.31. The number of halogens is 1. The predicted molar refractivity (Wildman–Crippen MR) is 54.3 cm³/mol. The summed E-state index contributed by atoms with van der Waals surface area (Å²) < 4.78 is 15.0. The molecule has 0 aliphatic carbocycles. The standard InChI is InChI=1S/C10H11FN4/c1-15-9(6-12)13-10(14-15)7-4-2-3-5-8(7)11/h2-5H,6,12H2,1H3. The Kier molecular flexibility index (Phi) is 2.47. The maximum absolute atomic E-state index is 13.4. The Bertz CT molecular complexity index is 478. The van der Waals surface area contributed by atoms with E-state index in [9.17, 15) is 4.39 Å². The van der Waals surface area contributed by atoms with Crippen molar-refractivity contribution in [1.29, 1.82) is 0 Å². The van der Waals surface area contributed by atoms with Gasteiger partial charge in [-0.15, -0.1) is 0 Å². The largest absolute Gasteiger partial charge is 0.324 e. The summed E-state index contributed by atoms with van der Waals surface area (Å²) in [6.07, 6.45) is 0. The molecule has 1 aromatic heterocycles. The number of hydrogen-bond donors (Lipinski definition) is 1. The SMILES string of the molecule is Cn1nc(-c2ccccc2F)nc1CN. The third kappa shape index (κ3) is 1.73. The van der Waals surface area contributed by atoms with E-state index >= 15 is 0 Å². The molecule has 78 valence electrons. The zero-order chi connectivity index (χ0) is 10.8. The average Bonchev–Trinajstić information content (AvgIpc) is 2.60. The molecule has 15 heavy (non-hydrogen) atoms. The second kappa shape index (κ2) is 3.78. The molecule has 0 bridgehead atoms. The summed E-state index contributed by atoms with van der Waals surface area (Å²) in [6.45, 7) is 0.290. The second-order valence-electron chi connectivity index (χ2n) is 3.16. The minimum atomic E-state index is -0.327. The van der Waals surface area contributed by atoms with E-state index < -0.39 is 0 Å². The van der Waals surface area contributed by atoms with E-state index in [-0.39, 0.29) is 12.4 Å². The quantitative estimate of drug-likeness (QED) is 0.799. The Morgan fingerprint density at radius 3 is 2.73 bits per heavy atom. The Morgan fingerprint density at radius 1 is 1.40 bits per heavy atom. The van der Waals surface area contributed by atoms with Crippen LogP contribution in [-0.2, 0) is 13.6 Å². The van der Waals surface area contributed by atoms with Crippen molar-refractivity contribution in [2.24, 2.45) is 12.8 Å². The lowest BCUT2D eigenvalue weighted by Crippen LogP contribution is -2.05. The van der Waals surface area contributed by atoms with Crippen molar-refractivity contribution in [2.45, 2.75) is 6.54 Å². The number of aryl methyl sites for hydroxylation is 1. The summed E-state index contributed by atoms with van der Waals surface area (Å²) in [6, 6.07) is 6.40. The fourth-order valence-electron chi connectivity index (χ4n) is 1.35. The molecule has 0 radical (unpaired) electrons. The van der Waals surface area contributed by atoms with Crippen LogP contribution in [-0.4, -0.2) is 14.8 Å². The van der Waals surface area contributed by atoms with Gasteiger partial charge in [-0.1, -0.05) is 12.1 Å². The van der Waals surface area contributed by atoms with Crippen LogP contribution in [0, 0.1) is 5.82 Å². The van der Waals surface area contributed by atoms with Crippen LogP contribution in [0.15, 0.2) is 24.3 Å². The minimum Gasteiger partial charge on any atom is -0.324 e. The van der Waals surface area contributed by atoms with E-state index in [0.717, 1.165) is 0 Å². The van der Waals surface area contributed by atoms with E-state index in [2.05, 4.69) is 10.1 Å². The monoisotopic (exact) mass is 206 g/mol. The molecule has 0 aliphatic heterocycles. The fourth-order valence-corrected chi connectivity index (χ4v) is 1.35. The van der Waals surface area contributed by atoms with Crippen LogP contribution in [0.25, 0.3) is 11.4 Å². The summed E-state index contributed by atoms with van der Waals surface area (Å²) >= 11 is 0. The number of nitrogens with zero attached hydrogens (tertiary/aromatic N) is 3. The van der Waals surface area contributed by atoms with Gasteiger partial charge < -0.3 is 5.73 Å². The van der Waals surface area contributed by atoms with Crippen LogP contribution >= 0.6 is 0 Å². The highest BCUT2D eigenvalue weighted by molar-refractivity contribution is 5.55. The van der Waals surface area contributed by atoms with E-state index in [4.69, 9.17) is 5.73 Å². The molecule has 0 amide bonds. The lowest BCUT2D eigenvalue weighted by atomic mass is 10.2. The molecule has 2 aromatic rings. The molecule has 0 aliphatic rings. The highest BCUT2D eigenvalue weighted by atomic mass is 19.1. The van der Waals surface area contributed by atoms with Crippen molar-refractivity contribution >= 4 is 0 Å². The number of nitrogens with two attached hydrogens (primary N) is 1. The Labute approximate surface area is 86.6 Å². The topological polar surface area (TPSA) is 56.7 Å². The normalized spacial score (nSPS) is 10.6. The van der Waals surface area contributed by atoms with Gasteiger partial charge in [0.1, 0.15) is 11.6 Å². The molecule has 0 unspecified atom stereocenters. The summed E-state index contributed by atoms with van der Waals surface area (Å²) in [5.41, 5.74) is 5.86. The highest BCUT2D eigenvalue weighted by Crippen LogP contribution is 2.18. The van der Waals surface area contributed by atoms with Crippen LogP contribution in [0.3, 0.4) is 0 Å². The van der Waals surface area contributed by atoms with E-state index in [0.29, 0.717) is 17.2 Å². The summed E-state index contributed by atoms with van der Waals surface area (Å²) in [5, 5.41) is 4.10. The predicted octanol–water partition coefficient (Wildman–Crippen LogP) is 1.08. The van der Waals surface area contributed by atoms with Crippen molar-refractivity contribution in [3.05, 3.63) is 35.9 Å². The van der Waals surface area contributed by atoms with Gasteiger partial charge in [-0.3, -0.25) is 4.68 Å². The second-order valence-corrected chi connectivity index (χ2v) is 3.16. The molecule has 0 spiro atoms. The first kappa shape index (κ1) is 9.79. The van der Waals surface area contributed by atoms with Crippen molar-refractivity contribution in [2.75, 3.05) is 0 Å². The molecule has 5 heteroatoms. The van der Waals surface area contributed by atoms with Gasteiger partial charge in [0, 0.05) is 7.05 Å². The molecule has 2 N–H and O–H groups in total. The van der Waals surface area contributed by atoms with E-state index in [1.807, 2.05) is 0 Å². The summed E-state index contributed by atoms with van der Waals surface area (Å²) in [4.78, 5) is 4.15. The molecular formula is C10H11FN4. The fraction of sp³-hybridized carbons (Fsp3) is 0.200. The van der Waals surface area contributed by atoms with Crippen LogP contribution < -0.4 is 5.73 Å². The van der Waals surface area contributed by atoms with Gasteiger partial charge in [0.15, 0.2) is 5.82 Å². The maximum Gasteiger partial charge on any atom is 0.184 e. The van der Waals surface area contributed by atoms with Crippen LogP contribution in [0.2, 0.25) is 0 Å². The highest BCUT2D eigenvalue weighted by Gasteiger charge is 2.11. The van der Waals surface area contributed by atoms with Gasteiger partial charge in [0.2, 0.25) is 0 Å². The smallest absolute Gasteiger partial charge is 0.184 e. The van der Waals surface area contributed by atoms with Crippen LogP contribution in [0.1, 0.15) is 5.82 Å². The number of rotatable bonds is 2. The summed E-state index contributed by atoms with van der Waals surface area (Å²) in [7, 11) is 1.74. The Morgan fingerprint density at radius 2 is 2.13 bits per heavy atom. The molecule has 0 saturated heterocycles. The van der Waals surface area contributed by atoms with Gasteiger partial charge in [-0.2, -0.15) is 5.10 Å². The minimum absolute atomic E-state index is 0.290. The molecular weight excluding hydrogens is 195 g/mol. The number of aromatic nitrogens is 3. The van der Waals surface area contributed by atoms with Crippen LogP contribution in [0.5, 0.6) is 0 Å². The third-order valence-corrected chi connectivity index (χ3v) is 2.15. The van der Waals surface area contributed by atoms with Crippen LogP contribution in [0.4, 0.5) is 4.39 Å². The van der Waals surface area contributed by atoms with Gasteiger partial charge in [0.05, 0.1) is 12.1 Å². The first-order valence-electron chi connectivity index (χ1n) is 4.57. The molecule has 0 saturated carbocycles. The third-order valence-electron chi connectivity index (χ3n) is 2.15. The summed E-state index contributed by atoms with van der Waals surface area (Å²) in [5.74, 6) is 0.677. The van der Waals surface area contributed by atoms with E-state index in [1.54, 1.807) is 29.9 Å². The van der Waals surface area contributed by atoms with Gasteiger partial charge in [-0.25, -0.2) is 9.37 Å². The zero-order valence-electron chi connectivity index (χ0n) is 8.31.